The van der Waals surface area contributed by atoms with Gasteiger partial charge in [0.1, 0.15) is 0 Å². The molecule has 1 atom stereocenters. The van der Waals surface area contributed by atoms with Crippen LogP contribution in [0.5, 0.6) is 0 Å². The van der Waals surface area contributed by atoms with Crippen molar-refractivity contribution in [2.75, 3.05) is 26.2 Å². The number of nitrogens with zero attached hydrogens (tertiary/aromatic N) is 1. The molecule has 1 fully saturated rings. The van der Waals surface area contributed by atoms with Gasteiger partial charge in [-0.15, -0.1) is 24.8 Å². The average molecular weight is 322 g/mol. The van der Waals surface area contributed by atoms with Gasteiger partial charge in [0.05, 0.1) is 12.7 Å². The van der Waals surface area contributed by atoms with Crippen molar-refractivity contribution in [2.24, 2.45) is 0 Å². The number of nitrogens with one attached hydrogen (secondary N) is 2. The van der Waals surface area contributed by atoms with Gasteiger partial charge in [0.15, 0.2) is 0 Å². The Kier molecular flexibility index (Phi) is 8.73. The topological polar surface area (TPSA) is 63.2 Å². The van der Waals surface area contributed by atoms with E-state index in [1.54, 1.807) is 12.1 Å². The van der Waals surface area contributed by atoms with Gasteiger partial charge in [-0.2, -0.15) is 0 Å². The summed E-state index contributed by atoms with van der Waals surface area (Å²) in [6.07, 6.45) is 0.0618. The lowest BCUT2D eigenvalue weighted by Gasteiger charge is -2.23. The van der Waals surface area contributed by atoms with Crippen molar-refractivity contribution >= 4 is 30.7 Å². The summed E-state index contributed by atoms with van der Waals surface area (Å²) >= 11 is 0. The molecule has 2 heterocycles. The van der Waals surface area contributed by atoms with Gasteiger partial charge in [0, 0.05) is 36.6 Å². The van der Waals surface area contributed by atoms with Crippen molar-refractivity contribution in [2.45, 2.75) is 20.0 Å². The molecule has 0 aromatic carbocycles. The Morgan fingerprint density at radius 2 is 2.05 bits per heavy atom. The maximum absolute atomic E-state index is 12.0. The molecule has 20 heavy (non-hydrogen) atoms. The van der Waals surface area contributed by atoms with Crippen LogP contribution in [0.2, 0.25) is 0 Å². The Bertz CT molecular complexity index is 417. The molecule has 0 aliphatic carbocycles. The summed E-state index contributed by atoms with van der Waals surface area (Å²) in [5, 5.41) is 6.12. The summed E-state index contributed by atoms with van der Waals surface area (Å²) in [6.45, 7) is 6.68. The Balaban J connectivity index is 0.00000180. The minimum absolute atomic E-state index is 0. The summed E-state index contributed by atoms with van der Waals surface area (Å²) in [5.74, 6) is -0.0715. The number of pyridine rings is 1. The monoisotopic (exact) mass is 321 g/mol. The quantitative estimate of drug-likeness (QED) is 0.879. The van der Waals surface area contributed by atoms with Crippen LogP contribution in [-0.2, 0) is 4.74 Å². The molecule has 0 bridgehead atoms. The summed E-state index contributed by atoms with van der Waals surface area (Å²) in [4.78, 5) is 16.2. The third-order valence-electron chi connectivity index (χ3n) is 2.84. The van der Waals surface area contributed by atoms with Crippen molar-refractivity contribution in [1.29, 1.82) is 0 Å². The minimum Gasteiger partial charge on any atom is -0.374 e. The van der Waals surface area contributed by atoms with Crippen molar-refractivity contribution in [3.8, 4) is 0 Å². The van der Waals surface area contributed by atoms with Gasteiger partial charge in [-0.3, -0.25) is 9.78 Å². The highest BCUT2D eigenvalue weighted by Crippen LogP contribution is 2.05. The third kappa shape index (κ3) is 5.63. The lowest BCUT2D eigenvalue weighted by molar-refractivity contribution is 0.0287. The van der Waals surface area contributed by atoms with Crippen LogP contribution in [-0.4, -0.2) is 43.2 Å². The van der Waals surface area contributed by atoms with Gasteiger partial charge in [-0.05, 0) is 26.0 Å². The van der Waals surface area contributed by atoms with Gasteiger partial charge in [-0.25, -0.2) is 0 Å². The van der Waals surface area contributed by atoms with Crippen molar-refractivity contribution in [3.05, 3.63) is 29.1 Å². The second-order valence-corrected chi connectivity index (χ2v) is 4.55. The molecular weight excluding hydrogens is 301 g/mol. The van der Waals surface area contributed by atoms with Gasteiger partial charge >= 0.3 is 0 Å². The highest BCUT2D eigenvalue weighted by Gasteiger charge is 2.15. The molecule has 0 spiro atoms. The Morgan fingerprint density at radius 3 is 2.60 bits per heavy atom. The molecule has 7 heteroatoms. The molecule has 2 rings (SSSR count). The number of carbonyl (C=O) groups is 1. The normalized spacial score (nSPS) is 17.6. The summed E-state index contributed by atoms with van der Waals surface area (Å²) in [6, 6.07) is 3.59. The van der Waals surface area contributed by atoms with E-state index in [1.807, 2.05) is 13.8 Å². The molecule has 1 unspecified atom stereocenters. The van der Waals surface area contributed by atoms with Crippen LogP contribution in [0.3, 0.4) is 0 Å². The van der Waals surface area contributed by atoms with E-state index in [2.05, 4.69) is 15.6 Å². The molecule has 0 saturated carbocycles. The highest BCUT2D eigenvalue weighted by molar-refractivity contribution is 5.94. The van der Waals surface area contributed by atoms with Crippen molar-refractivity contribution in [1.82, 2.24) is 15.6 Å². The summed E-state index contributed by atoms with van der Waals surface area (Å²) < 4.78 is 5.52. The predicted molar refractivity (Wildman–Crippen MR) is 83.1 cm³/mol. The standard InChI is InChI=1S/C13H19N3O2.2ClH/c1-9-5-11(6-10(2)16-9)13(17)15-8-12-7-14-3-4-18-12;;/h5-6,12,14H,3-4,7-8H2,1-2H3,(H,15,17);2*1H. The maximum atomic E-state index is 12.0. The fourth-order valence-electron chi connectivity index (χ4n) is 2.02. The van der Waals surface area contributed by atoms with Crippen LogP contribution in [0.4, 0.5) is 0 Å². The molecule has 1 saturated heterocycles. The van der Waals surface area contributed by atoms with Crippen LogP contribution in [0, 0.1) is 13.8 Å². The Morgan fingerprint density at radius 1 is 1.40 bits per heavy atom. The maximum Gasteiger partial charge on any atom is 0.251 e. The fraction of sp³-hybridized carbons (Fsp3) is 0.538. The number of hydrogen-bond acceptors (Lipinski definition) is 4. The van der Waals surface area contributed by atoms with Crippen LogP contribution >= 0.6 is 24.8 Å². The SMILES string of the molecule is Cc1cc(C(=O)NCC2CNCCO2)cc(C)n1.Cl.Cl. The molecule has 1 aromatic heterocycles. The van der Waals surface area contributed by atoms with E-state index in [-0.39, 0.29) is 36.8 Å². The number of rotatable bonds is 3. The third-order valence-corrected chi connectivity index (χ3v) is 2.84. The zero-order valence-corrected chi connectivity index (χ0v) is 13.3. The molecule has 1 amide bonds. The Labute approximate surface area is 131 Å². The second-order valence-electron chi connectivity index (χ2n) is 4.55. The van der Waals surface area contributed by atoms with Crippen LogP contribution in [0.1, 0.15) is 21.7 Å². The first-order valence-electron chi connectivity index (χ1n) is 6.21. The van der Waals surface area contributed by atoms with E-state index in [0.717, 1.165) is 24.5 Å². The first-order chi connectivity index (χ1) is 8.65. The lowest BCUT2D eigenvalue weighted by atomic mass is 10.2. The average Bonchev–Trinajstić information content (AvgIpc) is 2.36. The van der Waals surface area contributed by atoms with Crippen molar-refractivity contribution < 1.29 is 9.53 Å². The minimum atomic E-state index is -0.0715. The van der Waals surface area contributed by atoms with Crippen LogP contribution < -0.4 is 10.6 Å². The lowest BCUT2D eigenvalue weighted by Crippen LogP contribution is -2.45. The molecular formula is C13H21Cl2N3O2. The van der Waals surface area contributed by atoms with Gasteiger partial charge < -0.3 is 15.4 Å². The van der Waals surface area contributed by atoms with E-state index in [1.165, 1.54) is 0 Å². The Hall–Kier alpha value is -0.880. The fourth-order valence-corrected chi connectivity index (χ4v) is 2.02. The zero-order chi connectivity index (χ0) is 13.0. The van der Waals surface area contributed by atoms with Gasteiger partial charge in [-0.1, -0.05) is 0 Å². The van der Waals surface area contributed by atoms with E-state index in [9.17, 15) is 4.79 Å². The number of ether oxygens (including phenoxy) is 1. The van der Waals surface area contributed by atoms with E-state index < -0.39 is 0 Å². The number of aryl methyl sites for hydroxylation is 2. The van der Waals surface area contributed by atoms with E-state index in [4.69, 9.17) is 4.74 Å². The molecule has 0 radical (unpaired) electrons. The summed E-state index contributed by atoms with van der Waals surface area (Å²) in [7, 11) is 0. The van der Waals surface area contributed by atoms with E-state index >= 15 is 0 Å². The smallest absolute Gasteiger partial charge is 0.251 e. The zero-order valence-electron chi connectivity index (χ0n) is 11.6. The van der Waals surface area contributed by atoms with Crippen LogP contribution in [0.25, 0.3) is 0 Å². The number of aromatic nitrogens is 1. The van der Waals surface area contributed by atoms with Crippen molar-refractivity contribution in [3.63, 3.8) is 0 Å². The van der Waals surface area contributed by atoms with E-state index in [0.29, 0.717) is 18.7 Å². The van der Waals surface area contributed by atoms with Gasteiger partial charge in [0.2, 0.25) is 0 Å². The number of hydrogen-bond donors (Lipinski definition) is 2. The number of halogens is 2. The summed E-state index contributed by atoms with van der Waals surface area (Å²) in [5.41, 5.74) is 2.37. The number of carbonyl (C=O) groups excluding carboxylic acids is 1. The van der Waals surface area contributed by atoms with Crippen LogP contribution in [0.15, 0.2) is 12.1 Å². The molecule has 1 aromatic rings. The number of morpholine rings is 1. The highest BCUT2D eigenvalue weighted by atomic mass is 35.5. The largest absolute Gasteiger partial charge is 0.374 e. The second kappa shape index (κ2) is 9.13. The molecule has 2 N–H and O–H groups in total. The molecule has 114 valence electrons. The molecule has 1 aliphatic rings. The molecule has 1 aliphatic heterocycles. The number of amides is 1. The first-order valence-corrected chi connectivity index (χ1v) is 6.21. The first kappa shape index (κ1) is 19.1. The van der Waals surface area contributed by atoms with Gasteiger partial charge in [0.25, 0.3) is 5.91 Å². The predicted octanol–water partition coefficient (Wildman–Crippen LogP) is 1.26. The molecule has 5 nitrogen and oxygen atoms in total.